The summed E-state index contributed by atoms with van der Waals surface area (Å²) >= 11 is 1.75. The number of hydrogen-bond donors (Lipinski definition) is 0. The van der Waals surface area contributed by atoms with Crippen LogP contribution in [0, 0.1) is 0 Å². The summed E-state index contributed by atoms with van der Waals surface area (Å²) in [5.41, 5.74) is 1.40. The summed E-state index contributed by atoms with van der Waals surface area (Å²) in [6, 6.07) is 9.45. The molecule has 1 aromatic carbocycles. The Labute approximate surface area is 170 Å². The van der Waals surface area contributed by atoms with Gasteiger partial charge in [0.1, 0.15) is 12.4 Å². The lowest BCUT2D eigenvalue weighted by molar-refractivity contribution is 0.0730. The summed E-state index contributed by atoms with van der Waals surface area (Å²) in [6.07, 6.45) is 2.42. The Bertz CT molecular complexity index is 847. The van der Waals surface area contributed by atoms with Gasteiger partial charge >= 0.3 is 0 Å². The summed E-state index contributed by atoms with van der Waals surface area (Å²) in [5.74, 6) is 0.701. The summed E-state index contributed by atoms with van der Waals surface area (Å²) < 4.78 is 37.9. The average molecular weight is 423 g/mol. The fourth-order valence-electron chi connectivity index (χ4n) is 3.86. The molecule has 2 fully saturated rings. The molecule has 6 nitrogen and oxygen atoms in total. The quantitative estimate of drug-likeness (QED) is 0.687. The van der Waals surface area contributed by atoms with Crippen molar-refractivity contribution in [3.63, 3.8) is 0 Å². The molecule has 0 saturated carbocycles. The largest absolute Gasteiger partial charge is 0.492 e. The van der Waals surface area contributed by atoms with Crippen molar-refractivity contribution in [3.8, 4) is 5.75 Å². The first kappa shape index (κ1) is 19.8. The van der Waals surface area contributed by atoms with Gasteiger partial charge in [-0.25, -0.2) is 8.42 Å². The predicted octanol–water partition coefficient (Wildman–Crippen LogP) is 2.98. The highest BCUT2D eigenvalue weighted by atomic mass is 32.2. The van der Waals surface area contributed by atoms with Crippen molar-refractivity contribution in [1.29, 1.82) is 0 Å². The number of benzene rings is 1. The van der Waals surface area contributed by atoms with Crippen LogP contribution in [0.3, 0.4) is 0 Å². The maximum absolute atomic E-state index is 12.7. The van der Waals surface area contributed by atoms with Gasteiger partial charge in [-0.15, -0.1) is 0 Å². The minimum Gasteiger partial charge on any atom is -0.492 e. The molecular weight excluding hydrogens is 396 g/mol. The van der Waals surface area contributed by atoms with E-state index in [0.29, 0.717) is 49.6 Å². The molecule has 3 heterocycles. The molecule has 28 heavy (non-hydrogen) atoms. The number of morpholine rings is 1. The molecule has 2 aliphatic heterocycles. The van der Waals surface area contributed by atoms with Crippen LogP contribution < -0.4 is 4.74 Å². The first-order valence-corrected chi connectivity index (χ1v) is 12.1. The zero-order valence-corrected chi connectivity index (χ0v) is 17.5. The Kier molecular flexibility index (Phi) is 6.32. The third kappa shape index (κ3) is 4.41. The highest BCUT2D eigenvalue weighted by Gasteiger charge is 2.27. The average Bonchev–Trinajstić information content (AvgIpc) is 3.41. The topological polar surface area (TPSA) is 59.1 Å². The number of hydrogen-bond acceptors (Lipinski definition) is 6. The van der Waals surface area contributed by atoms with Crippen LogP contribution in [0.15, 0.2) is 46.0 Å². The number of likely N-dealkylation sites (tertiary alicyclic amines) is 1. The number of thiophene rings is 1. The van der Waals surface area contributed by atoms with Gasteiger partial charge in [0.15, 0.2) is 0 Å². The van der Waals surface area contributed by atoms with E-state index in [-0.39, 0.29) is 0 Å². The van der Waals surface area contributed by atoms with Crippen LogP contribution in [0.5, 0.6) is 5.75 Å². The second-order valence-corrected chi connectivity index (χ2v) is 9.80. The van der Waals surface area contributed by atoms with Crippen LogP contribution in [0.25, 0.3) is 0 Å². The van der Waals surface area contributed by atoms with Crippen molar-refractivity contribution in [1.82, 2.24) is 9.21 Å². The van der Waals surface area contributed by atoms with Crippen LogP contribution in [-0.2, 0) is 14.8 Å². The Hall–Kier alpha value is -1.45. The first-order valence-electron chi connectivity index (χ1n) is 9.71. The second kappa shape index (κ2) is 8.92. The highest BCUT2D eigenvalue weighted by Crippen LogP contribution is 2.32. The van der Waals surface area contributed by atoms with Gasteiger partial charge in [0, 0.05) is 25.7 Å². The minimum atomic E-state index is -3.45. The molecule has 8 heteroatoms. The standard InChI is InChI=1S/C20H26N2O4S2/c23-28(24,22-10-12-25-13-11-22)19-5-3-18(4-6-19)26-14-9-21-8-1-2-20(21)17-7-15-27-16-17/h3-7,15-16,20H,1-2,8-14H2. The fourth-order valence-corrected chi connectivity index (χ4v) is 5.98. The van der Waals surface area contributed by atoms with Crippen molar-refractivity contribution in [2.45, 2.75) is 23.8 Å². The third-order valence-electron chi connectivity index (χ3n) is 5.37. The van der Waals surface area contributed by atoms with E-state index in [0.717, 1.165) is 13.1 Å². The Morgan fingerprint density at radius 2 is 1.89 bits per heavy atom. The normalized spacial score (nSPS) is 21.8. The summed E-state index contributed by atoms with van der Waals surface area (Å²) in [6.45, 7) is 4.27. The molecule has 152 valence electrons. The maximum Gasteiger partial charge on any atom is 0.243 e. The molecule has 1 atom stereocenters. The lowest BCUT2D eigenvalue weighted by Crippen LogP contribution is -2.40. The van der Waals surface area contributed by atoms with Crippen LogP contribution in [0.4, 0.5) is 0 Å². The van der Waals surface area contributed by atoms with E-state index in [1.807, 2.05) is 0 Å². The monoisotopic (exact) mass is 422 g/mol. The van der Waals surface area contributed by atoms with Gasteiger partial charge < -0.3 is 9.47 Å². The Morgan fingerprint density at radius 1 is 1.11 bits per heavy atom. The lowest BCUT2D eigenvalue weighted by Gasteiger charge is -2.26. The maximum atomic E-state index is 12.7. The van der Waals surface area contributed by atoms with Crippen molar-refractivity contribution in [2.24, 2.45) is 0 Å². The van der Waals surface area contributed by atoms with Gasteiger partial charge in [-0.1, -0.05) is 0 Å². The molecule has 2 aliphatic rings. The van der Waals surface area contributed by atoms with Gasteiger partial charge in [-0.3, -0.25) is 4.90 Å². The molecule has 1 aromatic heterocycles. The van der Waals surface area contributed by atoms with Gasteiger partial charge in [0.2, 0.25) is 10.0 Å². The smallest absolute Gasteiger partial charge is 0.243 e. The zero-order chi connectivity index (χ0) is 19.4. The second-order valence-electron chi connectivity index (χ2n) is 7.09. The van der Waals surface area contributed by atoms with Crippen LogP contribution >= 0.6 is 11.3 Å². The van der Waals surface area contributed by atoms with Crippen LogP contribution in [-0.4, -0.2) is 63.6 Å². The predicted molar refractivity (Wildman–Crippen MR) is 109 cm³/mol. The number of ether oxygens (including phenoxy) is 2. The summed E-state index contributed by atoms with van der Waals surface area (Å²) in [7, 11) is -3.45. The van der Waals surface area contributed by atoms with Gasteiger partial charge in [-0.05, 0) is 66.0 Å². The van der Waals surface area contributed by atoms with Gasteiger partial charge in [-0.2, -0.15) is 15.6 Å². The van der Waals surface area contributed by atoms with Crippen molar-refractivity contribution in [2.75, 3.05) is 46.0 Å². The molecule has 0 radical (unpaired) electrons. The van der Waals surface area contributed by atoms with E-state index in [2.05, 4.69) is 21.7 Å². The van der Waals surface area contributed by atoms with E-state index in [4.69, 9.17) is 9.47 Å². The lowest BCUT2D eigenvalue weighted by atomic mass is 10.1. The van der Waals surface area contributed by atoms with E-state index in [1.54, 1.807) is 35.6 Å². The highest BCUT2D eigenvalue weighted by molar-refractivity contribution is 7.89. The number of sulfonamides is 1. The van der Waals surface area contributed by atoms with E-state index in [9.17, 15) is 8.42 Å². The molecule has 0 amide bonds. The molecule has 2 aromatic rings. The molecule has 0 spiro atoms. The van der Waals surface area contributed by atoms with Crippen LogP contribution in [0.2, 0.25) is 0 Å². The van der Waals surface area contributed by atoms with Crippen molar-refractivity contribution < 1.29 is 17.9 Å². The van der Waals surface area contributed by atoms with Crippen molar-refractivity contribution in [3.05, 3.63) is 46.7 Å². The number of nitrogens with zero attached hydrogens (tertiary/aromatic N) is 2. The zero-order valence-electron chi connectivity index (χ0n) is 15.8. The molecule has 0 aliphatic carbocycles. The molecule has 4 rings (SSSR count). The number of rotatable bonds is 7. The van der Waals surface area contributed by atoms with Gasteiger partial charge in [0.05, 0.1) is 18.1 Å². The fraction of sp³-hybridized carbons (Fsp3) is 0.500. The minimum absolute atomic E-state index is 0.304. The van der Waals surface area contributed by atoms with Crippen molar-refractivity contribution >= 4 is 21.4 Å². The van der Waals surface area contributed by atoms with E-state index >= 15 is 0 Å². The molecular formula is C20H26N2O4S2. The van der Waals surface area contributed by atoms with E-state index in [1.165, 1.54) is 22.7 Å². The van der Waals surface area contributed by atoms with Crippen LogP contribution in [0.1, 0.15) is 24.4 Å². The SMILES string of the molecule is O=S(=O)(c1ccc(OCCN2CCCC2c2ccsc2)cc1)N1CCOCC1. The third-order valence-corrected chi connectivity index (χ3v) is 7.98. The Morgan fingerprint density at radius 3 is 2.61 bits per heavy atom. The summed E-state index contributed by atoms with van der Waals surface area (Å²) in [4.78, 5) is 2.78. The molecule has 2 saturated heterocycles. The first-order chi connectivity index (χ1) is 13.6. The van der Waals surface area contributed by atoms with Gasteiger partial charge in [0.25, 0.3) is 0 Å². The Balaban J connectivity index is 1.31. The van der Waals surface area contributed by atoms with E-state index < -0.39 is 10.0 Å². The molecule has 1 unspecified atom stereocenters. The summed E-state index contributed by atoms with van der Waals surface area (Å²) in [5, 5.41) is 4.37. The molecule has 0 bridgehead atoms. The molecule has 0 N–H and O–H groups in total.